The van der Waals surface area contributed by atoms with Crippen molar-refractivity contribution in [1.82, 2.24) is 0 Å². The topological polar surface area (TPSA) is 59.6 Å². The number of ether oxygens (including phenoxy) is 2. The van der Waals surface area contributed by atoms with Gasteiger partial charge in [0.2, 0.25) is 0 Å². The number of amides is 1. The Morgan fingerprint density at radius 3 is 2.33 bits per heavy atom. The van der Waals surface area contributed by atoms with E-state index in [1.165, 1.54) is 7.11 Å². The van der Waals surface area contributed by atoms with Crippen LogP contribution < -0.4 is 10.6 Å². The molecule has 5 nitrogen and oxygen atoms in total. The highest BCUT2D eigenvalue weighted by Gasteiger charge is 2.05. The Hall–Kier alpha value is -1.75. The smallest absolute Gasteiger partial charge is 0.411 e. The minimum Gasteiger partial charge on any atom is -0.453 e. The number of anilines is 2. The van der Waals surface area contributed by atoms with Gasteiger partial charge in [0.05, 0.1) is 13.7 Å². The quantitative estimate of drug-likeness (QED) is 0.817. The second-order valence-corrected chi connectivity index (χ2v) is 3.90. The van der Waals surface area contributed by atoms with Crippen LogP contribution >= 0.6 is 0 Å². The van der Waals surface area contributed by atoms with E-state index >= 15 is 0 Å². The second kappa shape index (κ2) is 7.55. The summed E-state index contributed by atoms with van der Waals surface area (Å²) in [6, 6.07) is 7.74. The summed E-state index contributed by atoms with van der Waals surface area (Å²) in [5.74, 6) is 0. The van der Waals surface area contributed by atoms with Gasteiger partial charge < -0.3 is 14.8 Å². The third-order valence-electron chi connectivity index (χ3n) is 2.55. The van der Waals surface area contributed by atoms with Crippen molar-refractivity contribution >= 4 is 17.5 Å². The van der Waals surface area contributed by atoms with Crippen LogP contribution in [0.25, 0.3) is 0 Å². The van der Waals surface area contributed by atoms with Crippen LogP contribution in [0, 0.1) is 0 Å². The van der Waals surface area contributed by atoms with E-state index in [1.54, 1.807) is 7.11 Å². The van der Waals surface area contributed by atoms with Crippen molar-refractivity contribution in [2.45, 2.75) is 19.4 Å². The van der Waals surface area contributed by atoms with Crippen molar-refractivity contribution in [3.05, 3.63) is 24.3 Å². The van der Waals surface area contributed by atoms with E-state index < -0.39 is 6.09 Å². The van der Waals surface area contributed by atoms with Gasteiger partial charge in [-0.2, -0.15) is 0 Å². The molecular weight excluding hydrogens is 232 g/mol. The van der Waals surface area contributed by atoms with Crippen LogP contribution in [-0.4, -0.2) is 33.0 Å². The molecular formula is C13H20N2O3. The number of methoxy groups -OCH3 is 2. The Labute approximate surface area is 107 Å². The van der Waals surface area contributed by atoms with Crippen molar-refractivity contribution in [3.8, 4) is 0 Å². The highest BCUT2D eigenvalue weighted by molar-refractivity contribution is 5.84. The molecule has 1 amide bonds. The first-order valence-corrected chi connectivity index (χ1v) is 5.90. The molecule has 0 heterocycles. The number of carbonyl (C=O) groups excluding carboxylic acids is 1. The molecule has 0 aliphatic rings. The molecule has 0 aliphatic heterocycles. The first-order valence-electron chi connectivity index (χ1n) is 5.90. The monoisotopic (exact) mass is 252 g/mol. The van der Waals surface area contributed by atoms with Crippen LogP contribution in [0.1, 0.15) is 13.3 Å². The highest BCUT2D eigenvalue weighted by atomic mass is 16.5. The normalized spacial score (nSPS) is 11.7. The summed E-state index contributed by atoms with van der Waals surface area (Å²) in [4.78, 5) is 11.0. The largest absolute Gasteiger partial charge is 0.453 e. The molecule has 0 spiro atoms. The fraction of sp³-hybridized carbons (Fsp3) is 0.462. The summed E-state index contributed by atoms with van der Waals surface area (Å²) in [5, 5.41) is 5.95. The number of rotatable bonds is 6. The van der Waals surface area contributed by atoms with Gasteiger partial charge in [-0.3, -0.25) is 5.32 Å². The second-order valence-electron chi connectivity index (χ2n) is 3.90. The van der Waals surface area contributed by atoms with E-state index in [0.29, 0.717) is 12.3 Å². The number of carbonyl (C=O) groups is 1. The van der Waals surface area contributed by atoms with Crippen LogP contribution in [0.15, 0.2) is 24.3 Å². The standard InChI is InChI=1S/C13H20N2O3/c1-4-10(9-17-2)14-11-5-7-12(8-6-11)15-13(16)18-3/h5-8,10,14H,4,9H2,1-3H3,(H,15,16). The van der Waals surface area contributed by atoms with Crippen LogP contribution in [0.4, 0.5) is 16.2 Å². The maximum atomic E-state index is 11.0. The van der Waals surface area contributed by atoms with E-state index in [4.69, 9.17) is 4.74 Å². The van der Waals surface area contributed by atoms with Gasteiger partial charge in [-0.1, -0.05) is 6.92 Å². The summed E-state index contributed by atoms with van der Waals surface area (Å²) in [5.41, 5.74) is 1.70. The van der Waals surface area contributed by atoms with Crippen molar-refractivity contribution in [1.29, 1.82) is 0 Å². The SMILES string of the molecule is CCC(COC)Nc1ccc(NC(=O)OC)cc1. The van der Waals surface area contributed by atoms with Crippen molar-refractivity contribution in [2.75, 3.05) is 31.5 Å². The summed E-state index contributed by atoms with van der Waals surface area (Å²) >= 11 is 0. The molecule has 0 saturated carbocycles. The molecule has 1 atom stereocenters. The molecule has 0 saturated heterocycles. The molecule has 100 valence electrons. The third-order valence-corrected chi connectivity index (χ3v) is 2.55. The van der Waals surface area contributed by atoms with Gasteiger partial charge >= 0.3 is 6.09 Å². The van der Waals surface area contributed by atoms with E-state index in [1.807, 2.05) is 24.3 Å². The minimum atomic E-state index is -0.471. The number of nitrogens with one attached hydrogen (secondary N) is 2. The number of hydrogen-bond donors (Lipinski definition) is 2. The van der Waals surface area contributed by atoms with Gasteiger partial charge in [0, 0.05) is 24.5 Å². The Morgan fingerprint density at radius 1 is 1.22 bits per heavy atom. The Morgan fingerprint density at radius 2 is 1.83 bits per heavy atom. The van der Waals surface area contributed by atoms with Crippen molar-refractivity contribution in [3.63, 3.8) is 0 Å². The lowest BCUT2D eigenvalue weighted by atomic mass is 10.2. The lowest BCUT2D eigenvalue weighted by Gasteiger charge is -2.17. The molecule has 2 N–H and O–H groups in total. The summed E-state index contributed by atoms with van der Waals surface area (Å²) in [6.45, 7) is 2.77. The van der Waals surface area contributed by atoms with E-state index in [2.05, 4.69) is 22.3 Å². The average Bonchev–Trinajstić information content (AvgIpc) is 2.40. The van der Waals surface area contributed by atoms with Crippen molar-refractivity contribution in [2.24, 2.45) is 0 Å². The maximum absolute atomic E-state index is 11.0. The average molecular weight is 252 g/mol. The van der Waals surface area contributed by atoms with Gasteiger partial charge in [0.15, 0.2) is 0 Å². The molecule has 1 rings (SSSR count). The molecule has 0 aliphatic carbocycles. The highest BCUT2D eigenvalue weighted by Crippen LogP contribution is 2.15. The summed E-state index contributed by atoms with van der Waals surface area (Å²) in [7, 11) is 3.02. The third kappa shape index (κ3) is 4.63. The van der Waals surface area contributed by atoms with Crippen LogP contribution in [-0.2, 0) is 9.47 Å². The molecule has 0 radical (unpaired) electrons. The Kier molecular flexibility index (Phi) is 6.00. The maximum Gasteiger partial charge on any atom is 0.411 e. The molecule has 5 heteroatoms. The predicted molar refractivity (Wildman–Crippen MR) is 72.0 cm³/mol. The zero-order valence-electron chi connectivity index (χ0n) is 11.0. The van der Waals surface area contributed by atoms with Gasteiger partial charge in [-0.05, 0) is 30.7 Å². The van der Waals surface area contributed by atoms with Gasteiger partial charge in [0.1, 0.15) is 0 Å². The van der Waals surface area contributed by atoms with Crippen LogP contribution in [0.3, 0.4) is 0 Å². The first kappa shape index (κ1) is 14.3. The molecule has 1 aromatic rings. The van der Waals surface area contributed by atoms with Crippen molar-refractivity contribution < 1.29 is 14.3 Å². The van der Waals surface area contributed by atoms with Crippen LogP contribution in [0.5, 0.6) is 0 Å². The zero-order valence-corrected chi connectivity index (χ0v) is 11.0. The molecule has 1 unspecified atom stereocenters. The molecule has 0 aromatic heterocycles. The summed E-state index contributed by atoms with van der Waals surface area (Å²) < 4.78 is 9.64. The minimum absolute atomic E-state index is 0.286. The molecule has 18 heavy (non-hydrogen) atoms. The Balaban J connectivity index is 2.56. The molecule has 1 aromatic carbocycles. The predicted octanol–water partition coefficient (Wildman–Crippen LogP) is 2.70. The summed E-state index contributed by atoms with van der Waals surface area (Å²) in [6.07, 6.45) is 0.511. The molecule has 0 bridgehead atoms. The number of benzene rings is 1. The Bertz CT molecular complexity index is 365. The molecule has 0 fully saturated rings. The van der Waals surface area contributed by atoms with E-state index in [9.17, 15) is 4.79 Å². The van der Waals surface area contributed by atoms with E-state index in [-0.39, 0.29) is 6.04 Å². The van der Waals surface area contributed by atoms with Gasteiger partial charge in [-0.15, -0.1) is 0 Å². The van der Waals surface area contributed by atoms with Gasteiger partial charge in [0.25, 0.3) is 0 Å². The first-order chi connectivity index (χ1) is 8.69. The van der Waals surface area contributed by atoms with Crippen LogP contribution in [0.2, 0.25) is 0 Å². The fourth-order valence-corrected chi connectivity index (χ4v) is 1.52. The zero-order chi connectivity index (χ0) is 13.4. The van der Waals surface area contributed by atoms with E-state index in [0.717, 1.165) is 12.1 Å². The van der Waals surface area contributed by atoms with Gasteiger partial charge in [-0.25, -0.2) is 4.79 Å². The lowest BCUT2D eigenvalue weighted by Crippen LogP contribution is -2.23. The lowest BCUT2D eigenvalue weighted by molar-refractivity contribution is 0.184. The number of hydrogen-bond acceptors (Lipinski definition) is 4. The fourth-order valence-electron chi connectivity index (χ4n) is 1.52.